The zero-order valence-electron chi connectivity index (χ0n) is 18.8. The number of ether oxygens (including phenoxy) is 2. The second-order valence-corrected chi connectivity index (χ2v) is 7.96. The SMILES string of the molecule is CN=C(NCc1ncc(C)c(OC)c1C)NCC1CCCOC1c1ccc(C)cc1. The molecule has 1 aliphatic heterocycles. The molecule has 2 atom stereocenters. The van der Waals surface area contributed by atoms with Crippen LogP contribution in [0.1, 0.15) is 46.9 Å². The molecule has 1 saturated heterocycles. The van der Waals surface area contributed by atoms with Crippen molar-refractivity contribution in [3.63, 3.8) is 0 Å². The molecule has 2 unspecified atom stereocenters. The number of hydrogen-bond donors (Lipinski definition) is 2. The third-order valence-corrected chi connectivity index (χ3v) is 5.78. The van der Waals surface area contributed by atoms with Crippen LogP contribution in [-0.4, -0.2) is 38.3 Å². The maximum Gasteiger partial charge on any atom is 0.191 e. The fourth-order valence-electron chi connectivity index (χ4n) is 4.04. The first-order chi connectivity index (χ1) is 14.5. The van der Waals surface area contributed by atoms with Crippen molar-refractivity contribution in [3.05, 3.63) is 58.4 Å². The Kier molecular flexibility index (Phi) is 7.69. The zero-order chi connectivity index (χ0) is 21.5. The Bertz CT molecular complexity index is 864. The summed E-state index contributed by atoms with van der Waals surface area (Å²) in [6.07, 6.45) is 4.20. The monoisotopic (exact) mass is 410 g/mol. The summed E-state index contributed by atoms with van der Waals surface area (Å²) in [6.45, 7) is 8.37. The van der Waals surface area contributed by atoms with E-state index in [4.69, 9.17) is 9.47 Å². The molecule has 0 amide bonds. The van der Waals surface area contributed by atoms with Gasteiger partial charge >= 0.3 is 0 Å². The Hall–Kier alpha value is -2.60. The second-order valence-electron chi connectivity index (χ2n) is 7.96. The summed E-state index contributed by atoms with van der Waals surface area (Å²) >= 11 is 0. The number of aromatic nitrogens is 1. The van der Waals surface area contributed by atoms with E-state index in [1.54, 1.807) is 14.2 Å². The van der Waals surface area contributed by atoms with E-state index in [-0.39, 0.29) is 6.10 Å². The Morgan fingerprint density at radius 1 is 1.20 bits per heavy atom. The lowest BCUT2D eigenvalue weighted by atomic mass is 9.89. The third kappa shape index (κ3) is 5.30. The highest BCUT2D eigenvalue weighted by molar-refractivity contribution is 5.79. The molecule has 6 nitrogen and oxygen atoms in total. The molecular formula is C24H34N4O2. The van der Waals surface area contributed by atoms with Gasteiger partial charge in [0.2, 0.25) is 0 Å². The van der Waals surface area contributed by atoms with Gasteiger partial charge in [0.1, 0.15) is 5.75 Å². The maximum absolute atomic E-state index is 6.14. The number of nitrogens with one attached hydrogen (secondary N) is 2. The summed E-state index contributed by atoms with van der Waals surface area (Å²) in [5.41, 5.74) is 5.58. The summed E-state index contributed by atoms with van der Waals surface area (Å²) in [7, 11) is 3.49. The van der Waals surface area contributed by atoms with Gasteiger partial charge in [-0.25, -0.2) is 0 Å². The molecule has 1 fully saturated rings. The molecule has 3 rings (SSSR count). The highest BCUT2D eigenvalue weighted by Gasteiger charge is 2.27. The average Bonchev–Trinajstić information content (AvgIpc) is 2.76. The predicted octanol–water partition coefficient (Wildman–Crippen LogP) is 3.85. The minimum absolute atomic E-state index is 0.121. The van der Waals surface area contributed by atoms with Gasteiger partial charge in [-0.1, -0.05) is 29.8 Å². The first-order valence-corrected chi connectivity index (χ1v) is 10.6. The minimum atomic E-state index is 0.121. The largest absolute Gasteiger partial charge is 0.496 e. The fourth-order valence-corrected chi connectivity index (χ4v) is 4.04. The molecule has 1 aromatic carbocycles. The van der Waals surface area contributed by atoms with Crippen LogP contribution in [-0.2, 0) is 11.3 Å². The molecule has 2 heterocycles. The van der Waals surface area contributed by atoms with Crippen molar-refractivity contribution in [2.75, 3.05) is 27.3 Å². The molecule has 0 saturated carbocycles. The lowest BCUT2D eigenvalue weighted by molar-refractivity contribution is -0.0265. The van der Waals surface area contributed by atoms with Crippen LogP contribution in [0.3, 0.4) is 0 Å². The molecule has 2 aromatic rings. The van der Waals surface area contributed by atoms with E-state index in [0.717, 1.165) is 54.5 Å². The summed E-state index contributed by atoms with van der Waals surface area (Å²) in [4.78, 5) is 8.94. The van der Waals surface area contributed by atoms with Gasteiger partial charge in [-0.3, -0.25) is 9.98 Å². The van der Waals surface area contributed by atoms with Crippen molar-refractivity contribution < 1.29 is 9.47 Å². The first kappa shape index (κ1) is 22.1. The molecule has 30 heavy (non-hydrogen) atoms. The lowest BCUT2D eigenvalue weighted by Crippen LogP contribution is -2.41. The highest BCUT2D eigenvalue weighted by atomic mass is 16.5. The van der Waals surface area contributed by atoms with Gasteiger partial charge in [-0.2, -0.15) is 0 Å². The van der Waals surface area contributed by atoms with E-state index in [1.165, 1.54) is 11.1 Å². The Balaban J connectivity index is 1.60. The second kappa shape index (κ2) is 10.4. The Morgan fingerprint density at radius 2 is 1.97 bits per heavy atom. The van der Waals surface area contributed by atoms with Crippen molar-refractivity contribution in [1.29, 1.82) is 0 Å². The number of hydrogen-bond acceptors (Lipinski definition) is 4. The third-order valence-electron chi connectivity index (χ3n) is 5.78. The van der Waals surface area contributed by atoms with Crippen LogP contribution in [0.2, 0.25) is 0 Å². The van der Waals surface area contributed by atoms with Crippen molar-refractivity contribution in [1.82, 2.24) is 15.6 Å². The van der Waals surface area contributed by atoms with Crippen LogP contribution in [0.15, 0.2) is 35.5 Å². The van der Waals surface area contributed by atoms with E-state index in [1.807, 2.05) is 20.0 Å². The van der Waals surface area contributed by atoms with Crippen LogP contribution in [0.25, 0.3) is 0 Å². The number of methoxy groups -OCH3 is 1. The molecule has 0 aliphatic carbocycles. The minimum Gasteiger partial charge on any atom is -0.496 e. The molecule has 2 N–H and O–H groups in total. The van der Waals surface area contributed by atoms with Gasteiger partial charge in [-0.05, 0) is 39.2 Å². The summed E-state index contributed by atoms with van der Waals surface area (Å²) in [5, 5.41) is 6.86. The number of rotatable bonds is 6. The number of aliphatic imine (C=N–C) groups is 1. The number of guanidine groups is 1. The van der Waals surface area contributed by atoms with E-state index in [9.17, 15) is 0 Å². The fraction of sp³-hybridized carbons (Fsp3) is 0.500. The van der Waals surface area contributed by atoms with Crippen molar-refractivity contribution in [3.8, 4) is 5.75 Å². The Morgan fingerprint density at radius 3 is 2.67 bits per heavy atom. The summed E-state index contributed by atoms with van der Waals surface area (Å²) in [5.74, 6) is 2.06. The van der Waals surface area contributed by atoms with Crippen molar-refractivity contribution in [2.24, 2.45) is 10.9 Å². The first-order valence-electron chi connectivity index (χ1n) is 10.6. The van der Waals surface area contributed by atoms with Crippen LogP contribution in [0.4, 0.5) is 0 Å². The molecule has 1 aliphatic rings. The Labute approximate surface area is 180 Å². The predicted molar refractivity (Wildman–Crippen MR) is 121 cm³/mol. The molecule has 1 aromatic heterocycles. The number of nitrogens with zero attached hydrogens (tertiary/aromatic N) is 2. The van der Waals surface area contributed by atoms with Gasteiger partial charge in [0.05, 0.1) is 25.5 Å². The van der Waals surface area contributed by atoms with Gasteiger partial charge in [0.15, 0.2) is 5.96 Å². The van der Waals surface area contributed by atoms with Gasteiger partial charge < -0.3 is 20.1 Å². The quantitative estimate of drug-likeness (QED) is 0.559. The number of benzene rings is 1. The van der Waals surface area contributed by atoms with Gasteiger partial charge in [0.25, 0.3) is 0 Å². The van der Waals surface area contributed by atoms with Gasteiger partial charge in [0, 0.05) is 43.4 Å². The topological polar surface area (TPSA) is 67.8 Å². The smallest absolute Gasteiger partial charge is 0.191 e. The number of aryl methyl sites for hydroxylation is 2. The number of pyridine rings is 1. The van der Waals surface area contributed by atoms with Crippen LogP contribution in [0, 0.1) is 26.7 Å². The van der Waals surface area contributed by atoms with E-state index in [2.05, 4.69) is 51.8 Å². The van der Waals surface area contributed by atoms with Crippen molar-refractivity contribution in [2.45, 2.75) is 46.3 Å². The molecule has 6 heteroatoms. The van der Waals surface area contributed by atoms with Crippen LogP contribution >= 0.6 is 0 Å². The molecule has 162 valence electrons. The summed E-state index contributed by atoms with van der Waals surface area (Å²) < 4.78 is 11.7. The van der Waals surface area contributed by atoms with Crippen LogP contribution < -0.4 is 15.4 Å². The maximum atomic E-state index is 6.14. The highest BCUT2D eigenvalue weighted by Crippen LogP contribution is 2.33. The molecule has 0 bridgehead atoms. The van der Waals surface area contributed by atoms with Gasteiger partial charge in [-0.15, -0.1) is 0 Å². The lowest BCUT2D eigenvalue weighted by Gasteiger charge is -2.32. The summed E-state index contributed by atoms with van der Waals surface area (Å²) in [6, 6.07) is 8.68. The standard InChI is InChI=1S/C24H34N4O2/c1-16-8-10-19(11-9-16)23-20(7-6-12-30-23)14-27-24(25-4)28-15-21-18(3)22(29-5)17(2)13-26-21/h8-11,13,20,23H,6-7,12,14-15H2,1-5H3,(H2,25,27,28). The van der Waals surface area contributed by atoms with E-state index < -0.39 is 0 Å². The van der Waals surface area contributed by atoms with Crippen LogP contribution in [0.5, 0.6) is 5.75 Å². The zero-order valence-corrected chi connectivity index (χ0v) is 18.8. The molecule has 0 radical (unpaired) electrons. The van der Waals surface area contributed by atoms with Crippen molar-refractivity contribution >= 4 is 5.96 Å². The average molecular weight is 411 g/mol. The van der Waals surface area contributed by atoms with E-state index in [0.29, 0.717) is 12.5 Å². The van der Waals surface area contributed by atoms with E-state index >= 15 is 0 Å². The molecular weight excluding hydrogens is 376 g/mol. The molecule has 0 spiro atoms. The normalized spacial score (nSPS) is 19.4.